The molecule has 0 saturated carbocycles. The summed E-state index contributed by atoms with van der Waals surface area (Å²) in [7, 11) is 4.27. The van der Waals surface area contributed by atoms with E-state index in [1.807, 2.05) is 30.3 Å². The molecule has 4 rings (SSSR count). The summed E-state index contributed by atoms with van der Waals surface area (Å²) in [5.41, 5.74) is 1.89. The number of fused-ring (bicyclic) bond motifs is 1. The lowest BCUT2D eigenvalue weighted by atomic mass is 9.98. The molecule has 178 valence electrons. The SMILES string of the molecule is COC(=O)c1[nH]c2c(-c3ccccc3)c(OC)ccc2c(=O)c1CNC(=O)c1cccc(OC)c1. The van der Waals surface area contributed by atoms with Crippen LogP contribution in [0, 0.1) is 0 Å². The van der Waals surface area contributed by atoms with Gasteiger partial charge in [-0.1, -0.05) is 36.4 Å². The Labute approximate surface area is 201 Å². The Morgan fingerprint density at radius 3 is 2.37 bits per heavy atom. The van der Waals surface area contributed by atoms with Crippen LogP contribution in [0.25, 0.3) is 22.0 Å². The molecule has 3 aromatic carbocycles. The van der Waals surface area contributed by atoms with Crippen molar-refractivity contribution >= 4 is 22.8 Å². The topological polar surface area (TPSA) is 107 Å². The predicted octanol–water partition coefficient (Wildman–Crippen LogP) is 3.93. The number of pyridine rings is 1. The number of esters is 1. The van der Waals surface area contributed by atoms with E-state index in [1.165, 1.54) is 21.3 Å². The molecule has 0 aliphatic carbocycles. The second-order valence-corrected chi connectivity index (χ2v) is 7.65. The Kier molecular flexibility index (Phi) is 6.82. The number of carbonyl (C=O) groups is 2. The van der Waals surface area contributed by atoms with Crippen molar-refractivity contribution in [3.63, 3.8) is 0 Å². The van der Waals surface area contributed by atoms with Crippen molar-refractivity contribution in [2.75, 3.05) is 21.3 Å². The Morgan fingerprint density at radius 1 is 0.914 bits per heavy atom. The first-order valence-electron chi connectivity index (χ1n) is 10.8. The van der Waals surface area contributed by atoms with Gasteiger partial charge in [0.05, 0.1) is 32.4 Å². The molecule has 8 nitrogen and oxygen atoms in total. The number of nitrogens with one attached hydrogen (secondary N) is 2. The van der Waals surface area contributed by atoms with Crippen LogP contribution in [0.2, 0.25) is 0 Å². The molecule has 1 aromatic heterocycles. The molecule has 0 radical (unpaired) electrons. The number of amides is 1. The number of aromatic amines is 1. The summed E-state index contributed by atoms with van der Waals surface area (Å²) in [4.78, 5) is 42.0. The summed E-state index contributed by atoms with van der Waals surface area (Å²) >= 11 is 0. The molecule has 1 heterocycles. The lowest BCUT2D eigenvalue weighted by Gasteiger charge is -2.16. The van der Waals surface area contributed by atoms with Crippen molar-refractivity contribution in [3.05, 3.63) is 93.8 Å². The zero-order valence-corrected chi connectivity index (χ0v) is 19.5. The quantitative estimate of drug-likeness (QED) is 0.395. The largest absolute Gasteiger partial charge is 0.497 e. The highest BCUT2D eigenvalue weighted by Crippen LogP contribution is 2.35. The summed E-state index contributed by atoms with van der Waals surface area (Å²) in [6.07, 6.45) is 0. The number of hydrogen-bond donors (Lipinski definition) is 2. The molecule has 2 N–H and O–H groups in total. The van der Waals surface area contributed by atoms with Gasteiger partial charge in [-0.25, -0.2) is 4.79 Å². The summed E-state index contributed by atoms with van der Waals surface area (Å²) in [5.74, 6) is -0.0801. The van der Waals surface area contributed by atoms with Gasteiger partial charge in [0.1, 0.15) is 17.2 Å². The molecule has 35 heavy (non-hydrogen) atoms. The predicted molar refractivity (Wildman–Crippen MR) is 132 cm³/mol. The fraction of sp³-hybridized carbons (Fsp3) is 0.148. The molecule has 0 fully saturated rings. The lowest BCUT2D eigenvalue weighted by Crippen LogP contribution is -2.29. The summed E-state index contributed by atoms with van der Waals surface area (Å²) in [5, 5.41) is 3.06. The first-order chi connectivity index (χ1) is 17.0. The van der Waals surface area contributed by atoms with Crippen LogP contribution in [0.5, 0.6) is 11.5 Å². The van der Waals surface area contributed by atoms with Crippen molar-refractivity contribution in [3.8, 4) is 22.6 Å². The Hall–Kier alpha value is -4.59. The van der Waals surface area contributed by atoms with Gasteiger partial charge in [-0.2, -0.15) is 0 Å². The maximum Gasteiger partial charge on any atom is 0.354 e. The van der Waals surface area contributed by atoms with Gasteiger partial charge in [0.15, 0.2) is 5.43 Å². The fourth-order valence-corrected chi connectivity index (χ4v) is 3.92. The van der Waals surface area contributed by atoms with E-state index in [0.717, 1.165) is 5.56 Å². The zero-order chi connectivity index (χ0) is 24.9. The number of benzene rings is 3. The van der Waals surface area contributed by atoms with Gasteiger partial charge < -0.3 is 24.5 Å². The van der Waals surface area contributed by atoms with Gasteiger partial charge in [0.25, 0.3) is 5.91 Å². The minimum absolute atomic E-state index is 0.0404. The Bertz CT molecular complexity index is 1460. The molecular weight excluding hydrogens is 448 g/mol. The average Bonchev–Trinajstić information content (AvgIpc) is 2.91. The van der Waals surface area contributed by atoms with E-state index in [1.54, 1.807) is 36.4 Å². The molecule has 8 heteroatoms. The van der Waals surface area contributed by atoms with Crippen LogP contribution in [0.4, 0.5) is 0 Å². The molecule has 1 amide bonds. The van der Waals surface area contributed by atoms with Gasteiger partial charge in [-0.15, -0.1) is 0 Å². The van der Waals surface area contributed by atoms with Gasteiger partial charge in [0, 0.05) is 23.1 Å². The maximum atomic E-state index is 13.6. The van der Waals surface area contributed by atoms with Crippen LogP contribution in [-0.2, 0) is 11.3 Å². The molecule has 0 aliphatic heterocycles. The van der Waals surface area contributed by atoms with Crippen LogP contribution >= 0.6 is 0 Å². The van der Waals surface area contributed by atoms with Crippen LogP contribution in [0.15, 0.2) is 71.5 Å². The van der Waals surface area contributed by atoms with E-state index in [0.29, 0.717) is 33.5 Å². The van der Waals surface area contributed by atoms with Crippen molar-refractivity contribution in [2.24, 2.45) is 0 Å². The van der Waals surface area contributed by atoms with Crippen LogP contribution in [0.3, 0.4) is 0 Å². The Balaban J connectivity index is 1.83. The molecule has 4 aromatic rings. The number of ether oxygens (including phenoxy) is 3. The average molecular weight is 472 g/mol. The van der Waals surface area contributed by atoms with Crippen LogP contribution < -0.4 is 20.2 Å². The highest BCUT2D eigenvalue weighted by atomic mass is 16.5. The second kappa shape index (κ2) is 10.1. The van der Waals surface area contributed by atoms with Crippen LogP contribution in [-0.4, -0.2) is 38.2 Å². The summed E-state index contributed by atoms with van der Waals surface area (Å²) in [6.45, 7) is -0.182. The molecule has 0 aliphatic rings. The Morgan fingerprint density at radius 2 is 1.69 bits per heavy atom. The zero-order valence-electron chi connectivity index (χ0n) is 19.5. The van der Waals surface area contributed by atoms with Crippen molar-refractivity contribution in [1.82, 2.24) is 10.3 Å². The van der Waals surface area contributed by atoms with E-state index in [-0.39, 0.29) is 17.8 Å². The van der Waals surface area contributed by atoms with E-state index in [9.17, 15) is 14.4 Å². The number of H-pyrrole nitrogens is 1. The van der Waals surface area contributed by atoms with Crippen molar-refractivity contribution in [2.45, 2.75) is 6.54 Å². The van der Waals surface area contributed by atoms with Gasteiger partial charge >= 0.3 is 5.97 Å². The first kappa shape index (κ1) is 23.6. The number of aromatic nitrogens is 1. The smallest absolute Gasteiger partial charge is 0.354 e. The second-order valence-electron chi connectivity index (χ2n) is 7.65. The highest BCUT2D eigenvalue weighted by molar-refractivity contribution is 6.01. The van der Waals surface area contributed by atoms with Gasteiger partial charge in [-0.3, -0.25) is 9.59 Å². The van der Waals surface area contributed by atoms with Gasteiger partial charge in [0.2, 0.25) is 0 Å². The van der Waals surface area contributed by atoms with Crippen molar-refractivity contribution in [1.29, 1.82) is 0 Å². The third kappa shape index (κ3) is 4.59. The van der Waals surface area contributed by atoms with E-state index < -0.39 is 17.3 Å². The van der Waals surface area contributed by atoms with E-state index in [2.05, 4.69) is 10.3 Å². The third-order valence-corrected chi connectivity index (χ3v) is 5.67. The number of rotatable bonds is 7. The molecule has 0 saturated heterocycles. The molecular formula is C27H24N2O6. The maximum absolute atomic E-state index is 13.6. The first-order valence-corrected chi connectivity index (χ1v) is 10.8. The standard InChI is InChI=1S/C27H24N2O6/c1-33-18-11-7-10-17(14-18)26(31)28-15-20-24(27(32)35-3)29-23-19(25(20)30)12-13-21(34-2)22(23)16-8-5-4-6-9-16/h4-14H,15H2,1-3H3,(H,28,31)(H,29,30). The summed E-state index contributed by atoms with van der Waals surface area (Å²) < 4.78 is 15.6. The lowest BCUT2D eigenvalue weighted by molar-refractivity contribution is 0.0592. The normalized spacial score (nSPS) is 10.6. The molecule has 0 atom stereocenters. The minimum atomic E-state index is -0.725. The third-order valence-electron chi connectivity index (χ3n) is 5.67. The summed E-state index contributed by atoms with van der Waals surface area (Å²) in [6, 6.07) is 19.3. The number of methoxy groups -OCH3 is 3. The molecule has 0 unspecified atom stereocenters. The minimum Gasteiger partial charge on any atom is -0.497 e. The monoisotopic (exact) mass is 472 g/mol. The van der Waals surface area contributed by atoms with Crippen LogP contribution in [0.1, 0.15) is 26.4 Å². The van der Waals surface area contributed by atoms with E-state index >= 15 is 0 Å². The highest BCUT2D eigenvalue weighted by Gasteiger charge is 2.22. The number of carbonyl (C=O) groups excluding carboxylic acids is 2. The fourth-order valence-electron chi connectivity index (χ4n) is 3.92. The number of hydrogen-bond acceptors (Lipinski definition) is 6. The molecule has 0 bridgehead atoms. The van der Waals surface area contributed by atoms with E-state index in [4.69, 9.17) is 14.2 Å². The molecule has 0 spiro atoms. The van der Waals surface area contributed by atoms with Crippen molar-refractivity contribution < 1.29 is 23.8 Å². The van der Waals surface area contributed by atoms with Gasteiger partial charge in [-0.05, 0) is 35.9 Å².